The normalized spacial score (nSPS) is 11.7. The Morgan fingerprint density at radius 1 is 1.19 bits per heavy atom. The summed E-state index contributed by atoms with van der Waals surface area (Å²) in [6, 6.07) is 8.32. The van der Waals surface area contributed by atoms with Gasteiger partial charge in [-0.3, -0.25) is 14.3 Å². The van der Waals surface area contributed by atoms with E-state index in [0.29, 0.717) is 27.6 Å². The second-order valence-electron chi connectivity index (χ2n) is 5.91. The highest BCUT2D eigenvalue weighted by atomic mass is 32.1. The molecule has 0 saturated carbocycles. The van der Waals surface area contributed by atoms with Gasteiger partial charge in [-0.05, 0) is 49.6 Å². The van der Waals surface area contributed by atoms with Crippen LogP contribution in [-0.2, 0) is 4.79 Å². The predicted molar refractivity (Wildman–Crippen MR) is 106 cm³/mol. The molecular weight excluding hydrogens is 364 g/mol. The molecule has 3 aromatic rings. The third-order valence-electron chi connectivity index (χ3n) is 4.01. The molecule has 0 unspecified atom stereocenters. The number of amides is 2. The zero-order valence-corrected chi connectivity index (χ0v) is 16.0. The Hall–Kier alpha value is -3.20. The first-order valence-corrected chi connectivity index (χ1v) is 9.12. The van der Waals surface area contributed by atoms with Gasteiger partial charge in [-0.1, -0.05) is 6.07 Å². The fourth-order valence-electron chi connectivity index (χ4n) is 2.55. The second kappa shape index (κ2) is 8.00. The van der Waals surface area contributed by atoms with E-state index >= 15 is 0 Å². The number of hydrogen-bond donors (Lipinski definition) is 3. The lowest BCUT2D eigenvalue weighted by Gasteiger charge is -2.13. The van der Waals surface area contributed by atoms with Crippen LogP contribution in [0.4, 0.5) is 16.4 Å². The van der Waals surface area contributed by atoms with Crippen molar-refractivity contribution in [2.75, 3.05) is 23.0 Å². The molecule has 140 valence electrons. The van der Waals surface area contributed by atoms with Crippen molar-refractivity contribution in [1.29, 1.82) is 0 Å². The highest BCUT2D eigenvalue weighted by molar-refractivity contribution is 7.10. The van der Waals surface area contributed by atoms with Crippen LogP contribution >= 0.6 is 11.5 Å². The van der Waals surface area contributed by atoms with Crippen molar-refractivity contribution in [3.05, 3.63) is 54.0 Å². The van der Waals surface area contributed by atoms with E-state index in [9.17, 15) is 9.59 Å². The number of carbonyl (C=O) groups is 2. The van der Waals surface area contributed by atoms with Crippen molar-refractivity contribution in [2.24, 2.45) is 0 Å². The molecule has 1 aromatic carbocycles. The van der Waals surface area contributed by atoms with Crippen LogP contribution in [-0.4, -0.2) is 33.0 Å². The molecule has 1 atom stereocenters. The standard InChI is InChI=1S/C18H20N6O2S/c1-11-15(18(19-3)27-23-11)17(26)22-14-7-4-6-13(10-14)21-16(25)12(2)24-9-5-8-20-24/h4-10,12,19H,1-3H3,(H,21,25)(H,22,26)/t12-/m0/s1. The zero-order valence-electron chi connectivity index (χ0n) is 15.2. The Morgan fingerprint density at radius 2 is 1.93 bits per heavy atom. The molecule has 3 N–H and O–H groups in total. The van der Waals surface area contributed by atoms with Gasteiger partial charge in [0.1, 0.15) is 11.0 Å². The zero-order chi connectivity index (χ0) is 19.4. The van der Waals surface area contributed by atoms with E-state index in [1.54, 1.807) is 68.3 Å². The van der Waals surface area contributed by atoms with Gasteiger partial charge in [-0.25, -0.2) is 0 Å². The van der Waals surface area contributed by atoms with E-state index in [-0.39, 0.29) is 11.8 Å². The Morgan fingerprint density at radius 3 is 2.59 bits per heavy atom. The van der Waals surface area contributed by atoms with Crippen LogP contribution in [0.25, 0.3) is 0 Å². The van der Waals surface area contributed by atoms with Crippen molar-refractivity contribution in [3.8, 4) is 0 Å². The number of aryl methyl sites for hydroxylation is 1. The number of rotatable bonds is 6. The molecule has 27 heavy (non-hydrogen) atoms. The van der Waals surface area contributed by atoms with E-state index in [0.717, 1.165) is 0 Å². The van der Waals surface area contributed by atoms with Crippen LogP contribution in [0.1, 0.15) is 29.0 Å². The molecule has 3 rings (SSSR count). The first-order chi connectivity index (χ1) is 13.0. The smallest absolute Gasteiger partial charge is 0.260 e. The van der Waals surface area contributed by atoms with Crippen LogP contribution in [0.5, 0.6) is 0 Å². The highest BCUT2D eigenvalue weighted by Crippen LogP contribution is 2.25. The van der Waals surface area contributed by atoms with E-state index in [1.165, 1.54) is 11.5 Å². The Kier molecular flexibility index (Phi) is 5.51. The van der Waals surface area contributed by atoms with E-state index in [4.69, 9.17) is 0 Å². The Labute approximate surface area is 160 Å². The SMILES string of the molecule is CNc1snc(C)c1C(=O)Nc1cccc(NC(=O)[C@H](C)n2cccn2)c1. The third kappa shape index (κ3) is 4.14. The summed E-state index contributed by atoms with van der Waals surface area (Å²) in [7, 11) is 1.75. The molecule has 0 aliphatic carbocycles. The van der Waals surface area contributed by atoms with Gasteiger partial charge in [0, 0.05) is 30.8 Å². The predicted octanol–water partition coefficient (Wildman–Crippen LogP) is 3.14. The van der Waals surface area contributed by atoms with Crippen LogP contribution in [0.15, 0.2) is 42.7 Å². The minimum atomic E-state index is -0.448. The minimum absolute atomic E-state index is 0.197. The number of nitrogens with one attached hydrogen (secondary N) is 3. The molecule has 0 radical (unpaired) electrons. The molecule has 0 aliphatic heterocycles. The van der Waals surface area contributed by atoms with Crippen LogP contribution in [0.2, 0.25) is 0 Å². The molecule has 8 nitrogen and oxygen atoms in total. The Balaban J connectivity index is 1.71. The quantitative estimate of drug-likeness (QED) is 0.606. The molecule has 0 spiro atoms. The van der Waals surface area contributed by atoms with E-state index in [1.807, 2.05) is 0 Å². The Bertz CT molecular complexity index is 951. The number of aromatic nitrogens is 3. The average Bonchev–Trinajstić information content (AvgIpc) is 3.30. The van der Waals surface area contributed by atoms with Gasteiger partial charge < -0.3 is 16.0 Å². The van der Waals surface area contributed by atoms with Crippen LogP contribution < -0.4 is 16.0 Å². The van der Waals surface area contributed by atoms with Crippen molar-refractivity contribution in [1.82, 2.24) is 14.2 Å². The van der Waals surface area contributed by atoms with Crippen molar-refractivity contribution >= 4 is 39.7 Å². The van der Waals surface area contributed by atoms with E-state index in [2.05, 4.69) is 25.4 Å². The molecule has 0 aliphatic rings. The maximum atomic E-state index is 12.6. The summed E-state index contributed by atoms with van der Waals surface area (Å²) in [6.45, 7) is 3.55. The van der Waals surface area contributed by atoms with Gasteiger partial charge in [0.2, 0.25) is 5.91 Å². The van der Waals surface area contributed by atoms with Gasteiger partial charge in [-0.15, -0.1) is 0 Å². The summed E-state index contributed by atoms with van der Waals surface area (Å²) in [4.78, 5) is 25.0. The molecular formula is C18H20N6O2S. The van der Waals surface area contributed by atoms with Gasteiger partial charge in [0.05, 0.1) is 11.3 Å². The van der Waals surface area contributed by atoms with Crippen molar-refractivity contribution < 1.29 is 9.59 Å². The lowest BCUT2D eigenvalue weighted by atomic mass is 10.2. The number of anilines is 3. The first-order valence-electron chi connectivity index (χ1n) is 8.35. The third-order valence-corrected chi connectivity index (χ3v) is 4.96. The van der Waals surface area contributed by atoms with Crippen molar-refractivity contribution in [2.45, 2.75) is 19.9 Å². The lowest BCUT2D eigenvalue weighted by Crippen LogP contribution is -2.24. The molecule has 2 heterocycles. The number of carbonyl (C=O) groups excluding carboxylic acids is 2. The summed E-state index contributed by atoms with van der Waals surface area (Å²) < 4.78 is 5.78. The minimum Gasteiger partial charge on any atom is -0.378 e. The highest BCUT2D eigenvalue weighted by Gasteiger charge is 2.18. The topological polar surface area (TPSA) is 101 Å². The summed E-state index contributed by atoms with van der Waals surface area (Å²) in [5.74, 6) is -0.448. The van der Waals surface area contributed by atoms with Gasteiger partial charge in [-0.2, -0.15) is 9.47 Å². The van der Waals surface area contributed by atoms with Gasteiger partial charge in [0.25, 0.3) is 5.91 Å². The van der Waals surface area contributed by atoms with Crippen LogP contribution in [0.3, 0.4) is 0 Å². The molecule has 0 fully saturated rings. The molecule has 0 saturated heterocycles. The fourth-order valence-corrected chi connectivity index (χ4v) is 3.30. The number of benzene rings is 1. The van der Waals surface area contributed by atoms with E-state index < -0.39 is 6.04 Å². The summed E-state index contributed by atoms with van der Waals surface area (Å²) in [5.41, 5.74) is 2.35. The summed E-state index contributed by atoms with van der Waals surface area (Å²) in [5, 5.41) is 13.5. The van der Waals surface area contributed by atoms with Crippen molar-refractivity contribution in [3.63, 3.8) is 0 Å². The lowest BCUT2D eigenvalue weighted by molar-refractivity contribution is -0.119. The first kappa shape index (κ1) is 18.6. The monoisotopic (exact) mass is 384 g/mol. The second-order valence-corrected chi connectivity index (χ2v) is 6.68. The molecule has 2 aromatic heterocycles. The molecule has 2 amide bonds. The number of nitrogens with zero attached hydrogens (tertiary/aromatic N) is 3. The molecule has 0 bridgehead atoms. The maximum Gasteiger partial charge on any atom is 0.260 e. The average molecular weight is 384 g/mol. The van der Waals surface area contributed by atoms with Crippen LogP contribution in [0, 0.1) is 6.92 Å². The fraction of sp³-hybridized carbons (Fsp3) is 0.222. The molecule has 9 heteroatoms. The van der Waals surface area contributed by atoms with Gasteiger partial charge in [0.15, 0.2) is 0 Å². The van der Waals surface area contributed by atoms with Gasteiger partial charge >= 0.3 is 0 Å². The largest absolute Gasteiger partial charge is 0.378 e. The summed E-state index contributed by atoms with van der Waals surface area (Å²) >= 11 is 1.24. The maximum absolute atomic E-state index is 12.6. The summed E-state index contributed by atoms with van der Waals surface area (Å²) in [6.07, 6.45) is 3.36. The number of hydrogen-bond acceptors (Lipinski definition) is 6.